The Morgan fingerprint density at radius 2 is 1.33 bits per heavy atom. The lowest BCUT2D eigenvalue weighted by molar-refractivity contribution is -0.170. The predicted molar refractivity (Wildman–Crippen MR) is 291 cm³/mol. The molecule has 446 valence electrons. The third kappa shape index (κ3) is 17.4. The van der Waals surface area contributed by atoms with Gasteiger partial charge in [0.2, 0.25) is 53.2 Å². The molecule has 9 amide bonds. The zero-order chi connectivity index (χ0) is 60.7. The second-order valence-corrected chi connectivity index (χ2v) is 20.8. The average molecular weight is 1150 g/mol. The maximum absolute atomic E-state index is 14.9. The minimum absolute atomic E-state index is 0.0759. The third-order valence-corrected chi connectivity index (χ3v) is 14.5. The topological polar surface area (TPSA) is 406 Å². The van der Waals surface area contributed by atoms with Gasteiger partial charge in [0.05, 0.1) is 12.2 Å². The first-order chi connectivity index (χ1) is 38.7. The Morgan fingerprint density at radius 3 is 1.90 bits per heavy atom. The number of nitrogens with one attached hydrogen (secondary N) is 6. The number of aliphatic hydroxyl groups is 4. The lowest BCUT2D eigenvalue weighted by Crippen LogP contribution is -2.67. The number of phenolic OH excluding ortho intramolecular Hbond substituents is 2. The molecule has 0 aliphatic carbocycles. The van der Waals surface area contributed by atoms with Crippen molar-refractivity contribution < 1.29 is 83.3 Å². The molecule has 14 N–H and O–H groups in total. The highest BCUT2D eigenvalue weighted by atomic mass is 16.5. The molecule has 2 heterocycles. The summed E-state index contributed by atoms with van der Waals surface area (Å²) in [6, 6.07) is 5.69. The number of hydrogen-bond donors (Lipinski definition) is 13. The predicted octanol–water partition coefficient (Wildman–Crippen LogP) is -2.45. The third-order valence-electron chi connectivity index (χ3n) is 14.5. The van der Waals surface area contributed by atoms with Gasteiger partial charge in [0.25, 0.3) is 0 Å². The van der Waals surface area contributed by atoms with Crippen molar-refractivity contribution >= 4 is 59.1 Å². The Bertz CT molecular complexity index is 2750. The highest BCUT2D eigenvalue weighted by Crippen LogP contribution is 2.25. The number of primary amides is 1. The molecule has 26 nitrogen and oxygen atoms in total. The van der Waals surface area contributed by atoms with Crippen LogP contribution in [0.1, 0.15) is 83.4 Å². The number of likely N-dealkylation sites (N-methyl/N-ethyl adjacent to an activating group) is 1. The Labute approximate surface area is 473 Å². The number of piperidine rings is 1. The van der Waals surface area contributed by atoms with Crippen LogP contribution in [0.5, 0.6) is 11.5 Å². The van der Waals surface area contributed by atoms with Crippen molar-refractivity contribution in [3.63, 3.8) is 0 Å². The quantitative estimate of drug-likeness (QED) is 0.0554. The summed E-state index contributed by atoms with van der Waals surface area (Å²) in [7, 11) is 1.25. The highest BCUT2D eigenvalue weighted by Gasteiger charge is 2.47. The SMILES string of the molecule is CC[C@H](C)[C@@H]1NC(=O)[C@H](Cc2ccccc2)N(C)C(=O)C([C@@H](C)O)N2C(=O)[C@H](CC[C@H]2O)NC(=O)C(Cc2ccc(O)cc2)NC(=O)C(NC(=O)[C@H](CCC(N)=O)NC(=O)[C@@H](NC(=O)[C@H](O)Cc2ccc(O)cc2)[C@@H](C)O)[C@@H](C)OC1=O. The summed E-state index contributed by atoms with van der Waals surface area (Å²) in [6.07, 6.45) is -10.7. The van der Waals surface area contributed by atoms with Crippen LogP contribution in [0, 0.1) is 5.92 Å². The van der Waals surface area contributed by atoms with Gasteiger partial charge in [-0.3, -0.25) is 43.2 Å². The number of benzene rings is 3. The smallest absolute Gasteiger partial charge is 0.329 e. The fraction of sp³-hybridized carbons (Fsp3) is 0.500. The second kappa shape index (κ2) is 29.5. The molecule has 26 heteroatoms. The van der Waals surface area contributed by atoms with Crippen LogP contribution in [0.3, 0.4) is 0 Å². The number of nitrogens with zero attached hydrogens (tertiary/aromatic N) is 2. The normalized spacial score (nSPS) is 24.5. The molecule has 3 aromatic carbocycles. The van der Waals surface area contributed by atoms with Crippen molar-refractivity contribution in [2.24, 2.45) is 11.7 Å². The molecule has 3 unspecified atom stereocenters. The van der Waals surface area contributed by atoms with Gasteiger partial charge < -0.3 is 82.8 Å². The first-order valence-corrected chi connectivity index (χ1v) is 26.9. The van der Waals surface area contributed by atoms with Crippen LogP contribution >= 0.6 is 0 Å². The fourth-order valence-electron chi connectivity index (χ4n) is 9.45. The van der Waals surface area contributed by atoms with Crippen molar-refractivity contribution in [1.82, 2.24) is 41.7 Å². The maximum Gasteiger partial charge on any atom is 0.329 e. The molecule has 5 rings (SSSR count). The number of amides is 9. The first kappa shape index (κ1) is 64.6. The Hall–Kier alpha value is -8.20. The van der Waals surface area contributed by atoms with E-state index in [4.69, 9.17) is 10.5 Å². The lowest BCUT2D eigenvalue weighted by atomic mass is 9.96. The largest absolute Gasteiger partial charge is 0.508 e. The number of aromatic hydroxyl groups is 2. The van der Waals surface area contributed by atoms with Crippen LogP contribution < -0.4 is 37.6 Å². The van der Waals surface area contributed by atoms with Crippen LogP contribution in [-0.4, -0.2) is 186 Å². The summed E-state index contributed by atoms with van der Waals surface area (Å²) in [5.74, 6) is -11.8. The van der Waals surface area contributed by atoms with E-state index in [0.29, 0.717) is 16.7 Å². The molecular weight excluding hydrogens is 1070 g/mol. The van der Waals surface area contributed by atoms with E-state index in [9.17, 15) is 78.6 Å². The number of esters is 1. The molecular formula is C56H75N9O17. The van der Waals surface area contributed by atoms with Crippen molar-refractivity contribution in [1.29, 1.82) is 0 Å². The van der Waals surface area contributed by atoms with Crippen LogP contribution in [0.15, 0.2) is 78.9 Å². The first-order valence-electron chi connectivity index (χ1n) is 26.9. The van der Waals surface area contributed by atoms with Gasteiger partial charge in [-0.1, -0.05) is 74.9 Å². The zero-order valence-electron chi connectivity index (χ0n) is 46.4. The molecule has 0 saturated carbocycles. The Morgan fingerprint density at radius 1 is 0.732 bits per heavy atom. The summed E-state index contributed by atoms with van der Waals surface area (Å²) in [6.45, 7) is 6.81. The monoisotopic (exact) mass is 1150 g/mol. The van der Waals surface area contributed by atoms with E-state index in [2.05, 4.69) is 31.9 Å². The number of fused-ring (bicyclic) bond motifs is 2. The molecule has 2 aliphatic heterocycles. The number of carbonyl (C=O) groups excluding carboxylic acids is 10. The summed E-state index contributed by atoms with van der Waals surface area (Å²) in [5, 5.41) is 78.5. The van der Waals surface area contributed by atoms with Gasteiger partial charge >= 0.3 is 5.97 Å². The van der Waals surface area contributed by atoms with Crippen LogP contribution in [0.25, 0.3) is 0 Å². The van der Waals surface area contributed by atoms with Crippen molar-refractivity contribution in [2.45, 2.75) is 165 Å². The fourth-order valence-corrected chi connectivity index (χ4v) is 9.45. The number of phenols is 2. The maximum atomic E-state index is 14.9. The number of carbonyl (C=O) groups is 10. The number of nitrogens with two attached hydrogens (primary N) is 1. The molecule has 2 aliphatic rings. The van der Waals surface area contributed by atoms with Gasteiger partial charge in [-0.2, -0.15) is 0 Å². The Balaban J connectivity index is 1.59. The minimum atomic E-state index is -2.03. The Kier molecular flexibility index (Phi) is 23.2. The van der Waals surface area contributed by atoms with E-state index in [1.165, 1.54) is 69.4 Å². The number of aliphatic hydroxyl groups excluding tert-OH is 4. The van der Waals surface area contributed by atoms with Crippen LogP contribution in [0.4, 0.5) is 0 Å². The van der Waals surface area contributed by atoms with Gasteiger partial charge in [0.1, 0.15) is 78.3 Å². The molecule has 0 radical (unpaired) electrons. The van der Waals surface area contributed by atoms with Crippen LogP contribution in [-0.2, 0) is 71.9 Å². The van der Waals surface area contributed by atoms with E-state index < -0.39 is 157 Å². The summed E-state index contributed by atoms with van der Waals surface area (Å²) in [5.41, 5.74) is 6.76. The standard InChI is InChI=1S/C56H75N9O17/c1-7-28(2)44-56(81)82-31(5)46(63-48(73)37(21-23-42(57)71)58-52(77)45(29(3)66)62-51(76)41(70)27-34-15-19-36(69)20-16-34)53(78)60-39(25-33-13-17-35(68)18-14-33)49(74)59-38-22-24-43(72)65(54(38)79)47(30(4)67)55(80)64(6)40(50(75)61-44)26-32-11-9-8-10-12-32/h8-20,28-31,37-41,43-47,66-70,72H,7,21-27H2,1-6H3,(H2,57,71)(H,58,77)(H,59,74)(H,60,78)(H,61,75)(H,62,76)(H,63,73)/t28-,29+,30+,31+,37-,38-,39?,40-,41+,43+,44-,45-,46?,47?/m0/s1. The molecule has 2 fully saturated rings. The minimum Gasteiger partial charge on any atom is -0.508 e. The van der Waals surface area contributed by atoms with Gasteiger partial charge in [0, 0.05) is 32.7 Å². The molecule has 0 aromatic heterocycles. The molecule has 2 saturated heterocycles. The van der Waals surface area contributed by atoms with E-state index >= 15 is 0 Å². The van der Waals surface area contributed by atoms with Gasteiger partial charge in [-0.25, -0.2) is 4.79 Å². The van der Waals surface area contributed by atoms with E-state index in [1.807, 2.05) is 0 Å². The highest BCUT2D eigenvalue weighted by molar-refractivity contribution is 5.99. The van der Waals surface area contributed by atoms with E-state index in [0.717, 1.165) is 16.7 Å². The van der Waals surface area contributed by atoms with Crippen molar-refractivity contribution in [3.8, 4) is 11.5 Å². The molecule has 0 spiro atoms. The molecule has 14 atom stereocenters. The van der Waals surface area contributed by atoms with Gasteiger partial charge in [0.15, 0.2) is 0 Å². The van der Waals surface area contributed by atoms with Crippen LogP contribution in [0.2, 0.25) is 0 Å². The second-order valence-electron chi connectivity index (χ2n) is 20.8. The summed E-state index contributed by atoms with van der Waals surface area (Å²) in [4.78, 5) is 144. The number of hydrogen-bond acceptors (Lipinski definition) is 17. The molecule has 2 bridgehead atoms. The lowest BCUT2D eigenvalue weighted by Gasteiger charge is -2.43. The summed E-state index contributed by atoms with van der Waals surface area (Å²) >= 11 is 0. The molecule has 3 aromatic rings. The van der Waals surface area contributed by atoms with Crippen molar-refractivity contribution in [2.75, 3.05) is 7.05 Å². The zero-order valence-corrected chi connectivity index (χ0v) is 46.4. The summed E-state index contributed by atoms with van der Waals surface area (Å²) < 4.78 is 5.92. The number of rotatable bonds is 19. The average Bonchev–Trinajstić information content (AvgIpc) is 3.52. The van der Waals surface area contributed by atoms with Crippen molar-refractivity contribution in [3.05, 3.63) is 95.6 Å². The van der Waals surface area contributed by atoms with Gasteiger partial charge in [-0.05, 0) is 86.9 Å². The number of ether oxygens (including phenoxy) is 1. The van der Waals surface area contributed by atoms with E-state index in [1.54, 1.807) is 44.2 Å². The van der Waals surface area contributed by atoms with Gasteiger partial charge in [-0.15, -0.1) is 0 Å². The number of cyclic esters (lactones) is 1. The van der Waals surface area contributed by atoms with E-state index in [-0.39, 0.29) is 50.0 Å². The molecule has 82 heavy (non-hydrogen) atoms.